The van der Waals surface area contributed by atoms with Crippen LogP contribution in [-0.4, -0.2) is 23.6 Å². The second-order valence-electron chi connectivity index (χ2n) is 3.44. The number of amides is 1. The van der Waals surface area contributed by atoms with E-state index in [1.807, 2.05) is 0 Å². The van der Waals surface area contributed by atoms with Crippen molar-refractivity contribution in [2.45, 2.75) is 6.92 Å². The number of hydrogen-bond donors (Lipinski definition) is 2. The Morgan fingerprint density at radius 2 is 1.94 bits per heavy atom. The Balaban J connectivity index is 2.56. The van der Waals surface area contributed by atoms with Crippen LogP contribution >= 0.6 is 0 Å². The molecule has 1 atom stereocenters. The molecule has 1 aromatic carbocycles. The van der Waals surface area contributed by atoms with Crippen LogP contribution in [0.15, 0.2) is 24.3 Å². The maximum Gasteiger partial charge on any atom is 0.309 e. The van der Waals surface area contributed by atoms with Crippen molar-refractivity contribution in [1.29, 1.82) is 0 Å². The lowest BCUT2D eigenvalue weighted by Crippen LogP contribution is -2.18. The third-order valence-electron chi connectivity index (χ3n) is 2.06. The normalized spacial score (nSPS) is 11.8. The van der Waals surface area contributed by atoms with Crippen molar-refractivity contribution in [2.75, 3.05) is 6.61 Å². The minimum Gasteiger partial charge on any atom is -0.493 e. The predicted molar refractivity (Wildman–Crippen MR) is 57.3 cm³/mol. The lowest BCUT2D eigenvalue weighted by Gasteiger charge is -2.09. The quantitative estimate of drug-likeness (QED) is 0.775. The zero-order valence-electron chi connectivity index (χ0n) is 8.84. The molecule has 0 bridgehead atoms. The average molecular weight is 223 g/mol. The zero-order chi connectivity index (χ0) is 12.1. The molecular weight excluding hydrogens is 210 g/mol. The molecule has 0 fully saturated rings. The summed E-state index contributed by atoms with van der Waals surface area (Å²) in [6.45, 7) is 1.64. The van der Waals surface area contributed by atoms with Crippen LogP contribution in [0, 0.1) is 5.92 Å². The number of ether oxygens (including phenoxy) is 1. The topological polar surface area (TPSA) is 89.6 Å². The van der Waals surface area contributed by atoms with E-state index < -0.39 is 17.8 Å². The molecule has 0 aromatic heterocycles. The van der Waals surface area contributed by atoms with E-state index in [-0.39, 0.29) is 6.61 Å². The molecule has 5 nitrogen and oxygen atoms in total. The molecule has 0 aliphatic heterocycles. The number of hydrogen-bond acceptors (Lipinski definition) is 3. The van der Waals surface area contributed by atoms with Crippen molar-refractivity contribution in [3.63, 3.8) is 0 Å². The summed E-state index contributed by atoms with van der Waals surface area (Å²) in [7, 11) is 0. The second kappa shape index (κ2) is 5.16. The van der Waals surface area contributed by atoms with E-state index in [4.69, 9.17) is 15.6 Å². The zero-order valence-corrected chi connectivity index (χ0v) is 8.84. The smallest absolute Gasteiger partial charge is 0.309 e. The molecule has 1 unspecified atom stereocenters. The van der Waals surface area contributed by atoms with Crippen LogP contribution in [-0.2, 0) is 4.79 Å². The molecule has 0 aliphatic carbocycles. The molecule has 0 spiro atoms. The van der Waals surface area contributed by atoms with Crippen molar-refractivity contribution in [3.8, 4) is 5.75 Å². The molecule has 86 valence electrons. The van der Waals surface area contributed by atoms with E-state index >= 15 is 0 Å². The Hall–Kier alpha value is -2.04. The number of carbonyl (C=O) groups is 2. The fourth-order valence-corrected chi connectivity index (χ4v) is 1.01. The minimum atomic E-state index is -0.909. The van der Waals surface area contributed by atoms with Crippen LogP contribution in [0.25, 0.3) is 0 Å². The molecule has 5 heteroatoms. The van der Waals surface area contributed by atoms with Crippen molar-refractivity contribution < 1.29 is 19.4 Å². The summed E-state index contributed by atoms with van der Waals surface area (Å²) in [5.74, 6) is -1.48. The van der Waals surface area contributed by atoms with Gasteiger partial charge in [-0.2, -0.15) is 0 Å². The Morgan fingerprint density at radius 1 is 1.38 bits per heavy atom. The summed E-state index contributed by atoms with van der Waals surface area (Å²) < 4.78 is 5.23. The molecule has 0 aliphatic rings. The Bertz CT molecular complexity index is 385. The van der Waals surface area contributed by atoms with Gasteiger partial charge in [0.2, 0.25) is 5.91 Å². The summed E-state index contributed by atoms with van der Waals surface area (Å²) in [5.41, 5.74) is 5.46. The van der Waals surface area contributed by atoms with Gasteiger partial charge in [0.15, 0.2) is 0 Å². The minimum absolute atomic E-state index is 0.0885. The number of rotatable bonds is 5. The first-order chi connectivity index (χ1) is 7.50. The SMILES string of the molecule is CC(COc1ccc(C(N)=O)cc1)C(=O)O. The van der Waals surface area contributed by atoms with Crippen molar-refractivity contribution in [3.05, 3.63) is 29.8 Å². The van der Waals surface area contributed by atoms with E-state index in [9.17, 15) is 9.59 Å². The summed E-state index contributed by atoms with van der Waals surface area (Å²) in [4.78, 5) is 21.3. The Morgan fingerprint density at radius 3 is 2.38 bits per heavy atom. The first-order valence-electron chi connectivity index (χ1n) is 4.76. The van der Waals surface area contributed by atoms with E-state index in [2.05, 4.69) is 0 Å². The van der Waals surface area contributed by atoms with Crippen molar-refractivity contribution in [2.24, 2.45) is 11.7 Å². The molecule has 0 radical (unpaired) electrons. The Labute approximate surface area is 92.8 Å². The number of nitrogens with two attached hydrogens (primary N) is 1. The fourth-order valence-electron chi connectivity index (χ4n) is 1.01. The van der Waals surface area contributed by atoms with Gasteiger partial charge < -0.3 is 15.6 Å². The number of carbonyl (C=O) groups excluding carboxylic acids is 1. The number of primary amides is 1. The highest BCUT2D eigenvalue weighted by Gasteiger charge is 2.11. The molecule has 1 amide bonds. The van der Waals surface area contributed by atoms with Gasteiger partial charge in [-0.15, -0.1) is 0 Å². The van der Waals surface area contributed by atoms with Gasteiger partial charge in [-0.1, -0.05) is 0 Å². The van der Waals surface area contributed by atoms with Crippen molar-refractivity contribution >= 4 is 11.9 Å². The van der Waals surface area contributed by atoms with E-state index in [0.717, 1.165) is 0 Å². The lowest BCUT2D eigenvalue weighted by molar-refractivity contribution is -0.142. The molecule has 16 heavy (non-hydrogen) atoms. The number of carboxylic acid groups (broad SMARTS) is 1. The van der Waals surface area contributed by atoms with Gasteiger partial charge in [0.05, 0.1) is 5.92 Å². The molecule has 1 aromatic rings. The highest BCUT2D eigenvalue weighted by molar-refractivity contribution is 5.92. The average Bonchev–Trinajstić information content (AvgIpc) is 2.26. The van der Waals surface area contributed by atoms with Crippen LogP contribution in [0.1, 0.15) is 17.3 Å². The third-order valence-corrected chi connectivity index (χ3v) is 2.06. The van der Waals surface area contributed by atoms with Gasteiger partial charge in [0.25, 0.3) is 0 Å². The summed E-state index contributed by atoms with van der Waals surface area (Å²) in [6.07, 6.45) is 0. The predicted octanol–water partition coefficient (Wildman–Crippen LogP) is 0.885. The van der Waals surface area contributed by atoms with E-state index in [1.165, 1.54) is 12.1 Å². The van der Waals surface area contributed by atoms with Crippen LogP contribution in [0.4, 0.5) is 0 Å². The van der Waals surface area contributed by atoms with Crippen LogP contribution in [0.3, 0.4) is 0 Å². The van der Waals surface area contributed by atoms with Gasteiger partial charge in [-0.05, 0) is 31.2 Å². The van der Waals surface area contributed by atoms with Crippen molar-refractivity contribution in [1.82, 2.24) is 0 Å². The van der Waals surface area contributed by atoms with Gasteiger partial charge in [0, 0.05) is 5.56 Å². The highest BCUT2D eigenvalue weighted by atomic mass is 16.5. The number of carboxylic acids is 1. The maximum atomic E-state index is 10.8. The number of benzene rings is 1. The largest absolute Gasteiger partial charge is 0.493 e. The third kappa shape index (κ3) is 3.27. The maximum absolute atomic E-state index is 10.8. The van der Waals surface area contributed by atoms with Gasteiger partial charge in [-0.3, -0.25) is 9.59 Å². The van der Waals surface area contributed by atoms with E-state index in [0.29, 0.717) is 11.3 Å². The van der Waals surface area contributed by atoms with Crippen LogP contribution in [0.2, 0.25) is 0 Å². The molecule has 1 rings (SSSR count). The van der Waals surface area contributed by atoms with Crippen LogP contribution < -0.4 is 10.5 Å². The Kier molecular flexibility index (Phi) is 3.88. The fraction of sp³-hybridized carbons (Fsp3) is 0.273. The van der Waals surface area contributed by atoms with E-state index in [1.54, 1.807) is 19.1 Å². The van der Waals surface area contributed by atoms with Gasteiger partial charge >= 0.3 is 5.97 Å². The summed E-state index contributed by atoms with van der Waals surface area (Å²) >= 11 is 0. The van der Waals surface area contributed by atoms with Gasteiger partial charge in [0.1, 0.15) is 12.4 Å². The second-order valence-corrected chi connectivity index (χ2v) is 3.44. The first-order valence-corrected chi connectivity index (χ1v) is 4.76. The molecular formula is C11H13NO4. The lowest BCUT2D eigenvalue weighted by atomic mass is 10.2. The summed E-state index contributed by atoms with van der Waals surface area (Å²) in [6, 6.07) is 6.22. The molecule has 0 heterocycles. The number of aliphatic carboxylic acids is 1. The monoisotopic (exact) mass is 223 g/mol. The molecule has 0 saturated heterocycles. The standard InChI is InChI=1S/C11H13NO4/c1-7(11(14)15)6-16-9-4-2-8(3-5-9)10(12)13/h2-5,7H,6H2,1H3,(H2,12,13)(H,14,15). The molecule has 3 N–H and O–H groups in total. The van der Waals surface area contributed by atoms with Crippen LogP contribution in [0.5, 0.6) is 5.75 Å². The molecule has 0 saturated carbocycles. The first kappa shape index (κ1) is 12.0. The summed E-state index contributed by atoms with van der Waals surface area (Å²) in [5, 5.41) is 8.64. The van der Waals surface area contributed by atoms with Gasteiger partial charge in [-0.25, -0.2) is 0 Å². The highest BCUT2D eigenvalue weighted by Crippen LogP contribution is 2.12.